The fourth-order valence-electron chi connectivity index (χ4n) is 3.61. The van der Waals surface area contributed by atoms with Crippen molar-refractivity contribution in [1.82, 2.24) is 19.7 Å². The fraction of sp³-hybridized carbons (Fsp3) is 0.348. The van der Waals surface area contributed by atoms with Crippen molar-refractivity contribution in [2.45, 2.75) is 31.0 Å². The van der Waals surface area contributed by atoms with Crippen LogP contribution in [0, 0.1) is 5.82 Å². The minimum atomic E-state index is -0.283. The van der Waals surface area contributed by atoms with Gasteiger partial charge < -0.3 is 15.0 Å². The van der Waals surface area contributed by atoms with Gasteiger partial charge in [0.25, 0.3) is 0 Å². The van der Waals surface area contributed by atoms with E-state index in [4.69, 9.17) is 4.74 Å². The SMILES string of the molecule is COc1ccc(-n2c(CNc3ccc(F)cc3)nnc2SCC(=O)N2CCCCC2)cc1. The first kappa shape index (κ1) is 22.1. The van der Waals surface area contributed by atoms with Gasteiger partial charge in [-0.3, -0.25) is 9.36 Å². The Kier molecular flexibility index (Phi) is 7.26. The zero-order chi connectivity index (χ0) is 22.3. The molecular formula is C23H26FN5O2S. The Hall–Kier alpha value is -3.07. The summed E-state index contributed by atoms with van der Waals surface area (Å²) >= 11 is 1.39. The van der Waals surface area contributed by atoms with Crippen LogP contribution in [0.3, 0.4) is 0 Å². The number of amides is 1. The molecule has 0 aliphatic carbocycles. The van der Waals surface area contributed by atoms with Crippen molar-refractivity contribution in [1.29, 1.82) is 0 Å². The number of anilines is 1. The molecule has 4 rings (SSSR count). The Bertz CT molecular complexity index is 1030. The van der Waals surface area contributed by atoms with Crippen LogP contribution in [-0.2, 0) is 11.3 Å². The number of nitrogens with zero attached hydrogens (tertiary/aromatic N) is 4. The Morgan fingerprint density at radius 1 is 1.06 bits per heavy atom. The highest BCUT2D eigenvalue weighted by Gasteiger charge is 2.20. The average molecular weight is 456 g/mol. The number of likely N-dealkylation sites (tertiary alicyclic amines) is 1. The highest BCUT2D eigenvalue weighted by molar-refractivity contribution is 7.99. The van der Waals surface area contributed by atoms with Gasteiger partial charge in [0.2, 0.25) is 5.91 Å². The number of methoxy groups -OCH3 is 1. The molecule has 3 aromatic rings. The van der Waals surface area contributed by atoms with Crippen molar-refractivity contribution < 1.29 is 13.9 Å². The highest BCUT2D eigenvalue weighted by Crippen LogP contribution is 2.25. The number of carbonyl (C=O) groups is 1. The van der Waals surface area contributed by atoms with Gasteiger partial charge in [-0.15, -0.1) is 10.2 Å². The molecule has 1 amide bonds. The number of carbonyl (C=O) groups excluding carboxylic acids is 1. The summed E-state index contributed by atoms with van der Waals surface area (Å²) in [5.41, 5.74) is 1.66. The van der Waals surface area contributed by atoms with Crippen LogP contribution in [0.1, 0.15) is 25.1 Å². The molecule has 0 radical (unpaired) electrons. The maximum atomic E-state index is 13.2. The lowest BCUT2D eigenvalue weighted by Gasteiger charge is -2.26. The number of rotatable bonds is 8. The van der Waals surface area contributed by atoms with E-state index in [0.29, 0.717) is 23.3 Å². The van der Waals surface area contributed by atoms with E-state index in [1.807, 2.05) is 33.7 Å². The van der Waals surface area contributed by atoms with Gasteiger partial charge in [-0.1, -0.05) is 11.8 Å². The summed E-state index contributed by atoms with van der Waals surface area (Å²) in [6, 6.07) is 13.8. The van der Waals surface area contributed by atoms with E-state index in [0.717, 1.165) is 43.1 Å². The molecular weight excluding hydrogens is 429 g/mol. The topological polar surface area (TPSA) is 72.3 Å². The summed E-state index contributed by atoms with van der Waals surface area (Å²) in [5.74, 6) is 1.60. The molecule has 9 heteroatoms. The quantitative estimate of drug-likeness (QED) is 0.515. The summed E-state index contributed by atoms with van der Waals surface area (Å²) in [7, 11) is 1.62. The van der Waals surface area contributed by atoms with Gasteiger partial charge in [-0.2, -0.15) is 0 Å². The van der Waals surface area contributed by atoms with Gasteiger partial charge >= 0.3 is 0 Å². The minimum absolute atomic E-state index is 0.130. The second-order valence-corrected chi connectivity index (χ2v) is 8.47. The molecule has 7 nitrogen and oxygen atoms in total. The number of hydrogen-bond acceptors (Lipinski definition) is 6. The number of aromatic nitrogens is 3. The molecule has 2 aromatic carbocycles. The van der Waals surface area contributed by atoms with Gasteiger partial charge in [-0.25, -0.2) is 4.39 Å². The lowest BCUT2D eigenvalue weighted by atomic mass is 10.1. The molecule has 1 N–H and O–H groups in total. The Morgan fingerprint density at radius 2 is 1.78 bits per heavy atom. The standard InChI is InChI=1S/C23H26FN5O2S/c1-31-20-11-9-19(10-12-20)29-21(15-25-18-7-5-17(24)6-8-18)26-27-23(29)32-16-22(30)28-13-3-2-4-14-28/h5-12,25H,2-4,13-16H2,1H3. The summed E-state index contributed by atoms with van der Waals surface area (Å²) in [4.78, 5) is 14.6. The number of piperidine rings is 1. The monoisotopic (exact) mass is 455 g/mol. The number of nitrogens with one attached hydrogen (secondary N) is 1. The second kappa shape index (κ2) is 10.5. The van der Waals surface area contributed by atoms with Crippen LogP contribution in [0.15, 0.2) is 53.7 Å². The maximum Gasteiger partial charge on any atom is 0.233 e. The Morgan fingerprint density at radius 3 is 2.47 bits per heavy atom. The Labute approximate surface area is 191 Å². The van der Waals surface area contributed by atoms with Gasteiger partial charge in [0.15, 0.2) is 11.0 Å². The van der Waals surface area contributed by atoms with Crippen LogP contribution in [0.2, 0.25) is 0 Å². The van der Waals surface area contributed by atoms with E-state index in [2.05, 4.69) is 15.5 Å². The van der Waals surface area contributed by atoms with Crippen LogP contribution >= 0.6 is 11.8 Å². The van der Waals surface area contributed by atoms with Crippen molar-refractivity contribution in [3.63, 3.8) is 0 Å². The van der Waals surface area contributed by atoms with Crippen LogP contribution in [-0.4, -0.2) is 51.5 Å². The van der Waals surface area contributed by atoms with Crippen molar-refractivity contribution in [2.75, 3.05) is 31.3 Å². The molecule has 0 atom stereocenters. The first-order valence-corrected chi connectivity index (χ1v) is 11.6. The molecule has 1 fully saturated rings. The third-order valence-corrected chi connectivity index (χ3v) is 6.27. The van der Waals surface area contributed by atoms with E-state index < -0.39 is 0 Å². The maximum absolute atomic E-state index is 13.2. The fourth-order valence-corrected chi connectivity index (χ4v) is 4.48. The molecule has 0 unspecified atom stereocenters. The molecule has 1 saturated heterocycles. The molecule has 2 heterocycles. The molecule has 1 aliphatic heterocycles. The number of ether oxygens (including phenoxy) is 1. The summed E-state index contributed by atoms with van der Waals surface area (Å²) in [5, 5.41) is 12.6. The summed E-state index contributed by atoms with van der Waals surface area (Å²) in [6.07, 6.45) is 3.32. The van der Waals surface area contributed by atoms with E-state index in [1.54, 1.807) is 19.2 Å². The largest absolute Gasteiger partial charge is 0.497 e. The van der Waals surface area contributed by atoms with Gasteiger partial charge in [0.05, 0.1) is 19.4 Å². The van der Waals surface area contributed by atoms with Crippen LogP contribution in [0.25, 0.3) is 5.69 Å². The molecule has 1 aliphatic rings. The number of hydrogen-bond donors (Lipinski definition) is 1. The van der Waals surface area contributed by atoms with Crippen molar-refractivity contribution in [2.24, 2.45) is 0 Å². The lowest BCUT2D eigenvalue weighted by Crippen LogP contribution is -2.36. The molecule has 1 aromatic heterocycles. The third-order valence-electron chi connectivity index (χ3n) is 5.36. The van der Waals surface area contributed by atoms with Crippen LogP contribution in [0.5, 0.6) is 5.75 Å². The second-order valence-electron chi connectivity index (χ2n) is 7.52. The van der Waals surface area contributed by atoms with E-state index in [9.17, 15) is 9.18 Å². The number of halogens is 1. The smallest absolute Gasteiger partial charge is 0.233 e. The summed E-state index contributed by atoms with van der Waals surface area (Å²) in [6.45, 7) is 2.06. The molecule has 0 spiro atoms. The lowest BCUT2D eigenvalue weighted by molar-refractivity contribution is -0.129. The number of thioether (sulfide) groups is 1. The van der Waals surface area contributed by atoms with Crippen LogP contribution < -0.4 is 10.1 Å². The van der Waals surface area contributed by atoms with Gasteiger partial charge in [0.1, 0.15) is 11.6 Å². The van der Waals surface area contributed by atoms with E-state index in [-0.39, 0.29) is 11.7 Å². The van der Waals surface area contributed by atoms with E-state index >= 15 is 0 Å². The zero-order valence-electron chi connectivity index (χ0n) is 18.0. The van der Waals surface area contributed by atoms with E-state index in [1.165, 1.54) is 30.3 Å². The minimum Gasteiger partial charge on any atom is -0.497 e. The van der Waals surface area contributed by atoms with Crippen molar-refractivity contribution >= 4 is 23.4 Å². The van der Waals surface area contributed by atoms with Crippen molar-refractivity contribution in [3.8, 4) is 11.4 Å². The predicted molar refractivity (Wildman–Crippen MR) is 123 cm³/mol. The highest BCUT2D eigenvalue weighted by atomic mass is 32.2. The molecule has 0 saturated carbocycles. The Balaban J connectivity index is 1.53. The average Bonchev–Trinajstić information content (AvgIpc) is 3.25. The molecule has 32 heavy (non-hydrogen) atoms. The normalized spacial score (nSPS) is 13.8. The molecule has 0 bridgehead atoms. The summed E-state index contributed by atoms with van der Waals surface area (Å²) < 4.78 is 20.4. The first-order chi connectivity index (χ1) is 15.6. The number of benzene rings is 2. The van der Waals surface area contributed by atoms with Crippen molar-refractivity contribution in [3.05, 3.63) is 60.2 Å². The predicted octanol–water partition coefficient (Wildman–Crippen LogP) is 4.13. The third kappa shape index (κ3) is 5.40. The zero-order valence-corrected chi connectivity index (χ0v) is 18.8. The molecule has 168 valence electrons. The van der Waals surface area contributed by atoms with Crippen LogP contribution in [0.4, 0.5) is 10.1 Å². The van der Waals surface area contributed by atoms with Gasteiger partial charge in [0, 0.05) is 24.5 Å². The van der Waals surface area contributed by atoms with Gasteiger partial charge in [-0.05, 0) is 67.8 Å². The first-order valence-electron chi connectivity index (χ1n) is 10.6.